The van der Waals surface area contributed by atoms with Gasteiger partial charge >= 0.3 is 0 Å². The van der Waals surface area contributed by atoms with E-state index in [1.807, 2.05) is 0 Å². The van der Waals surface area contributed by atoms with Crippen molar-refractivity contribution >= 4 is 0 Å². The molecule has 0 unspecified atom stereocenters. The second-order valence-electron chi connectivity index (χ2n) is 7.27. The van der Waals surface area contributed by atoms with Crippen LogP contribution in [-0.4, -0.2) is 56.1 Å². The summed E-state index contributed by atoms with van der Waals surface area (Å²) in [7, 11) is 2.21. The first-order valence-electron chi connectivity index (χ1n) is 8.16. The molecule has 0 amide bonds. The van der Waals surface area contributed by atoms with Gasteiger partial charge in [-0.05, 0) is 23.6 Å². The molecular weight excluding hydrogens is 258 g/mol. The summed E-state index contributed by atoms with van der Waals surface area (Å²) in [6, 6.07) is 9.03. The highest BCUT2D eigenvalue weighted by Gasteiger charge is 2.13. The fraction of sp³-hybridized carbons (Fsp3) is 0.667. The van der Waals surface area contributed by atoms with Crippen LogP contribution >= 0.6 is 0 Å². The lowest BCUT2D eigenvalue weighted by atomic mass is 9.87. The summed E-state index contributed by atoms with van der Waals surface area (Å²) in [5, 5.41) is 3.56. The lowest BCUT2D eigenvalue weighted by molar-refractivity contribution is 0.154. The molecule has 0 atom stereocenters. The van der Waals surface area contributed by atoms with Gasteiger partial charge in [-0.3, -0.25) is 4.90 Å². The summed E-state index contributed by atoms with van der Waals surface area (Å²) >= 11 is 0. The van der Waals surface area contributed by atoms with E-state index in [1.165, 1.54) is 37.3 Å². The van der Waals surface area contributed by atoms with E-state index in [9.17, 15) is 0 Å². The van der Waals surface area contributed by atoms with Crippen molar-refractivity contribution in [1.82, 2.24) is 15.1 Å². The second-order valence-corrected chi connectivity index (χ2v) is 7.27. The number of nitrogens with one attached hydrogen (secondary N) is 1. The summed E-state index contributed by atoms with van der Waals surface area (Å²) in [5.74, 6) is 0. The predicted octanol–water partition coefficient (Wildman–Crippen LogP) is 2.32. The maximum Gasteiger partial charge on any atom is 0.0206 e. The topological polar surface area (TPSA) is 18.5 Å². The number of benzene rings is 1. The van der Waals surface area contributed by atoms with Crippen molar-refractivity contribution in [2.75, 3.05) is 46.3 Å². The quantitative estimate of drug-likeness (QED) is 0.839. The van der Waals surface area contributed by atoms with Gasteiger partial charge in [0.1, 0.15) is 0 Å². The minimum Gasteiger partial charge on any atom is -0.311 e. The Morgan fingerprint density at radius 2 is 1.62 bits per heavy atom. The van der Waals surface area contributed by atoms with Crippen LogP contribution in [0.5, 0.6) is 0 Å². The Kier molecular flexibility index (Phi) is 5.80. The molecule has 21 heavy (non-hydrogen) atoms. The summed E-state index contributed by atoms with van der Waals surface area (Å²) < 4.78 is 0. The molecule has 1 aromatic carbocycles. The van der Waals surface area contributed by atoms with Crippen LogP contribution in [0.2, 0.25) is 0 Å². The van der Waals surface area contributed by atoms with Crippen molar-refractivity contribution in [1.29, 1.82) is 0 Å². The normalized spacial score (nSPS) is 18.1. The fourth-order valence-corrected chi connectivity index (χ4v) is 2.66. The first-order chi connectivity index (χ1) is 9.95. The fourth-order valence-electron chi connectivity index (χ4n) is 2.66. The van der Waals surface area contributed by atoms with Crippen LogP contribution in [0, 0.1) is 0 Å². The maximum absolute atomic E-state index is 3.56. The zero-order chi connectivity index (χ0) is 15.3. The molecule has 2 rings (SSSR count). The molecule has 0 aromatic heterocycles. The number of likely N-dealkylation sites (N-methyl/N-ethyl adjacent to an activating group) is 1. The summed E-state index contributed by atoms with van der Waals surface area (Å²) in [5.41, 5.74) is 3.03. The summed E-state index contributed by atoms with van der Waals surface area (Å²) in [4.78, 5) is 4.95. The molecule has 1 saturated heterocycles. The van der Waals surface area contributed by atoms with Crippen molar-refractivity contribution < 1.29 is 0 Å². The first-order valence-corrected chi connectivity index (χ1v) is 8.16. The molecule has 0 bridgehead atoms. The molecule has 0 radical (unpaired) electrons. The van der Waals surface area contributed by atoms with E-state index in [0.29, 0.717) is 0 Å². The Morgan fingerprint density at radius 3 is 2.19 bits per heavy atom. The van der Waals surface area contributed by atoms with Gasteiger partial charge in [-0.15, -0.1) is 0 Å². The van der Waals surface area contributed by atoms with Gasteiger partial charge in [0.2, 0.25) is 0 Å². The SMILES string of the molecule is CN1CCN(CCNCc2ccc(C(C)(C)C)cc2)CC1. The van der Waals surface area contributed by atoms with Gasteiger partial charge in [0.05, 0.1) is 0 Å². The predicted molar refractivity (Wildman–Crippen MR) is 90.8 cm³/mol. The van der Waals surface area contributed by atoms with Gasteiger partial charge in [-0.25, -0.2) is 0 Å². The van der Waals surface area contributed by atoms with Gasteiger partial charge < -0.3 is 10.2 Å². The number of piperazine rings is 1. The van der Waals surface area contributed by atoms with Crippen molar-refractivity contribution in [3.8, 4) is 0 Å². The second kappa shape index (κ2) is 7.39. The minimum absolute atomic E-state index is 0.243. The molecule has 3 heteroatoms. The third kappa shape index (κ3) is 5.42. The van der Waals surface area contributed by atoms with Crippen LogP contribution in [0.25, 0.3) is 0 Å². The van der Waals surface area contributed by atoms with E-state index < -0.39 is 0 Å². The molecular formula is C18H31N3. The smallest absolute Gasteiger partial charge is 0.0206 e. The van der Waals surface area contributed by atoms with E-state index >= 15 is 0 Å². The van der Waals surface area contributed by atoms with Gasteiger partial charge in [-0.1, -0.05) is 45.0 Å². The Balaban J connectivity index is 1.67. The van der Waals surface area contributed by atoms with Crippen molar-refractivity contribution in [2.24, 2.45) is 0 Å². The van der Waals surface area contributed by atoms with Crippen molar-refractivity contribution in [3.05, 3.63) is 35.4 Å². The van der Waals surface area contributed by atoms with E-state index in [1.54, 1.807) is 0 Å². The molecule has 1 fully saturated rings. The van der Waals surface area contributed by atoms with Crippen LogP contribution < -0.4 is 5.32 Å². The zero-order valence-corrected chi connectivity index (χ0v) is 14.2. The number of nitrogens with zero attached hydrogens (tertiary/aromatic N) is 2. The monoisotopic (exact) mass is 289 g/mol. The van der Waals surface area contributed by atoms with Crippen molar-refractivity contribution in [3.63, 3.8) is 0 Å². The lowest BCUT2D eigenvalue weighted by Crippen LogP contribution is -2.46. The molecule has 0 saturated carbocycles. The summed E-state index contributed by atoms with van der Waals surface area (Å²) in [6.07, 6.45) is 0. The molecule has 3 nitrogen and oxygen atoms in total. The molecule has 1 aliphatic heterocycles. The Hall–Kier alpha value is -0.900. The number of rotatable bonds is 5. The zero-order valence-electron chi connectivity index (χ0n) is 14.2. The Labute approximate surface area is 130 Å². The highest BCUT2D eigenvalue weighted by atomic mass is 15.2. The van der Waals surface area contributed by atoms with Crippen LogP contribution in [0.3, 0.4) is 0 Å². The van der Waals surface area contributed by atoms with Crippen LogP contribution in [0.15, 0.2) is 24.3 Å². The van der Waals surface area contributed by atoms with Crippen LogP contribution in [0.4, 0.5) is 0 Å². The van der Waals surface area contributed by atoms with Gasteiger partial charge in [0.25, 0.3) is 0 Å². The summed E-state index contributed by atoms with van der Waals surface area (Å²) in [6.45, 7) is 14.8. The minimum atomic E-state index is 0.243. The standard InChI is InChI=1S/C18H31N3/c1-18(2,3)17-7-5-16(6-8-17)15-19-9-10-21-13-11-20(4)12-14-21/h5-8,19H,9-15H2,1-4H3. The van der Waals surface area contributed by atoms with E-state index in [2.05, 4.69) is 67.2 Å². The molecule has 0 aliphatic carbocycles. The molecule has 1 aromatic rings. The highest BCUT2D eigenvalue weighted by molar-refractivity contribution is 5.27. The number of hydrogen-bond acceptors (Lipinski definition) is 3. The van der Waals surface area contributed by atoms with Crippen LogP contribution in [-0.2, 0) is 12.0 Å². The van der Waals surface area contributed by atoms with Gasteiger partial charge in [-0.2, -0.15) is 0 Å². The van der Waals surface area contributed by atoms with E-state index in [4.69, 9.17) is 0 Å². The van der Waals surface area contributed by atoms with Gasteiger partial charge in [0, 0.05) is 45.8 Å². The first kappa shape index (κ1) is 16.5. The van der Waals surface area contributed by atoms with E-state index in [0.717, 1.165) is 19.6 Å². The molecule has 1 N–H and O–H groups in total. The number of hydrogen-bond donors (Lipinski definition) is 1. The molecule has 118 valence electrons. The maximum atomic E-state index is 3.56. The average Bonchev–Trinajstić information content (AvgIpc) is 2.45. The Bertz CT molecular complexity index is 411. The molecule has 0 spiro atoms. The molecule has 1 aliphatic rings. The highest BCUT2D eigenvalue weighted by Crippen LogP contribution is 2.22. The third-order valence-electron chi connectivity index (χ3n) is 4.35. The van der Waals surface area contributed by atoms with Crippen LogP contribution in [0.1, 0.15) is 31.9 Å². The lowest BCUT2D eigenvalue weighted by Gasteiger charge is -2.32. The largest absolute Gasteiger partial charge is 0.311 e. The third-order valence-corrected chi connectivity index (χ3v) is 4.35. The average molecular weight is 289 g/mol. The van der Waals surface area contributed by atoms with Gasteiger partial charge in [0.15, 0.2) is 0 Å². The van der Waals surface area contributed by atoms with Crippen molar-refractivity contribution in [2.45, 2.75) is 32.7 Å². The van der Waals surface area contributed by atoms with E-state index in [-0.39, 0.29) is 5.41 Å². The molecule has 1 heterocycles. The Morgan fingerprint density at radius 1 is 1.00 bits per heavy atom.